The first-order chi connectivity index (χ1) is 10.5. The molecule has 0 bridgehead atoms. The van der Waals surface area contributed by atoms with Crippen LogP contribution in [0.4, 0.5) is 4.79 Å². The third-order valence-corrected chi connectivity index (χ3v) is 6.16. The minimum Gasteiger partial charge on any atom is -0.465 e. The molecule has 0 spiro atoms. The van der Waals surface area contributed by atoms with Crippen LogP contribution in [-0.4, -0.2) is 54.0 Å². The van der Waals surface area contributed by atoms with Crippen molar-refractivity contribution in [3.63, 3.8) is 0 Å². The summed E-state index contributed by atoms with van der Waals surface area (Å²) in [5.41, 5.74) is -0.505. The van der Waals surface area contributed by atoms with Gasteiger partial charge in [-0.05, 0) is 39.0 Å². The van der Waals surface area contributed by atoms with Crippen molar-refractivity contribution in [2.24, 2.45) is 5.92 Å². The largest absolute Gasteiger partial charge is 0.465 e. The van der Waals surface area contributed by atoms with Crippen LogP contribution in [0.25, 0.3) is 0 Å². The van der Waals surface area contributed by atoms with E-state index in [4.69, 9.17) is 0 Å². The minimum atomic E-state index is -3.51. The Labute approximate surface area is 145 Å². The topological polar surface area (TPSA) is 77.9 Å². The third kappa shape index (κ3) is 4.05. The predicted molar refractivity (Wildman–Crippen MR) is 90.9 cm³/mol. The Morgan fingerprint density at radius 3 is 2.48 bits per heavy atom. The molecule has 1 aromatic rings. The molecule has 6 nitrogen and oxygen atoms in total. The molecular formula is C15H21BrN2O4S. The molecule has 1 aliphatic heterocycles. The van der Waals surface area contributed by atoms with Gasteiger partial charge in [0, 0.05) is 35.6 Å². The molecule has 0 aliphatic carbocycles. The molecule has 1 aromatic carbocycles. The van der Waals surface area contributed by atoms with Gasteiger partial charge in [-0.2, -0.15) is 4.31 Å². The highest BCUT2D eigenvalue weighted by Crippen LogP contribution is 2.28. The van der Waals surface area contributed by atoms with E-state index in [-0.39, 0.29) is 10.8 Å². The van der Waals surface area contributed by atoms with E-state index in [0.29, 0.717) is 24.1 Å². The summed E-state index contributed by atoms with van der Waals surface area (Å²) < 4.78 is 27.1. The zero-order valence-corrected chi connectivity index (χ0v) is 15.8. The highest BCUT2D eigenvalue weighted by atomic mass is 79.9. The summed E-state index contributed by atoms with van der Waals surface area (Å²) in [6, 6.07) is 6.58. The van der Waals surface area contributed by atoms with Crippen molar-refractivity contribution < 1.29 is 18.3 Å². The molecule has 1 heterocycles. The Morgan fingerprint density at radius 2 is 2.00 bits per heavy atom. The molecule has 0 unspecified atom stereocenters. The van der Waals surface area contributed by atoms with E-state index < -0.39 is 21.7 Å². The first kappa shape index (κ1) is 18.2. The minimum absolute atomic E-state index is 0.0206. The van der Waals surface area contributed by atoms with E-state index in [1.807, 2.05) is 20.8 Å². The van der Waals surface area contributed by atoms with E-state index in [9.17, 15) is 18.3 Å². The fourth-order valence-electron chi connectivity index (χ4n) is 2.51. The summed E-state index contributed by atoms with van der Waals surface area (Å²) in [5, 5.41) is 9.30. The number of amides is 1. The highest BCUT2D eigenvalue weighted by molar-refractivity contribution is 9.10. The fourth-order valence-corrected chi connectivity index (χ4v) is 4.70. The van der Waals surface area contributed by atoms with E-state index in [2.05, 4.69) is 15.9 Å². The standard InChI is InChI=1S/C15H21BrN2O4S/c1-15(2,3)18(14(19)20)10-11-8-17(9-11)23(21,22)13-6-4-5-12(16)7-13/h4-7,11H,8-10H2,1-3H3,(H,19,20). The number of sulfonamides is 1. The Hall–Kier alpha value is -1.12. The molecule has 0 aromatic heterocycles. The van der Waals surface area contributed by atoms with Crippen LogP contribution in [0, 0.1) is 5.92 Å². The Bertz CT molecular complexity index is 694. The molecule has 1 saturated heterocycles. The van der Waals surface area contributed by atoms with Crippen LogP contribution in [0.2, 0.25) is 0 Å². The molecule has 128 valence electrons. The monoisotopic (exact) mass is 404 g/mol. The smallest absolute Gasteiger partial charge is 0.407 e. The number of hydrogen-bond donors (Lipinski definition) is 1. The summed E-state index contributed by atoms with van der Waals surface area (Å²) in [6.45, 7) is 6.51. The summed E-state index contributed by atoms with van der Waals surface area (Å²) >= 11 is 3.27. The van der Waals surface area contributed by atoms with Crippen LogP contribution in [0.3, 0.4) is 0 Å². The van der Waals surface area contributed by atoms with Crippen LogP contribution in [0.15, 0.2) is 33.6 Å². The average molecular weight is 405 g/mol. The summed E-state index contributed by atoms with van der Waals surface area (Å²) in [6.07, 6.45) is -0.981. The Kier molecular flexibility index (Phi) is 5.08. The molecule has 0 saturated carbocycles. The summed E-state index contributed by atoms with van der Waals surface area (Å²) in [4.78, 5) is 13.0. The van der Waals surface area contributed by atoms with Crippen molar-refractivity contribution in [2.75, 3.05) is 19.6 Å². The van der Waals surface area contributed by atoms with Crippen LogP contribution in [0.5, 0.6) is 0 Å². The first-order valence-electron chi connectivity index (χ1n) is 7.28. The molecule has 1 fully saturated rings. The van der Waals surface area contributed by atoms with Crippen LogP contribution in [-0.2, 0) is 10.0 Å². The second kappa shape index (κ2) is 6.41. The van der Waals surface area contributed by atoms with Gasteiger partial charge in [-0.15, -0.1) is 0 Å². The lowest BCUT2D eigenvalue weighted by Gasteiger charge is -2.43. The fraction of sp³-hybridized carbons (Fsp3) is 0.533. The molecule has 0 radical (unpaired) electrons. The number of rotatable bonds is 4. The molecular weight excluding hydrogens is 384 g/mol. The van der Waals surface area contributed by atoms with Gasteiger partial charge in [-0.1, -0.05) is 22.0 Å². The van der Waals surface area contributed by atoms with Crippen molar-refractivity contribution in [1.82, 2.24) is 9.21 Å². The quantitative estimate of drug-likeness (QED) is 0.836. The summed E-state index contributed by atoms with van der Waals surface area (Å²) in [5.74, 6) is 0.0206. The van der Waals surface area contributed by atoms with Gasteiger partial charge in [0.25, 0.3) is 0 Å². The van der Waals surface area contributed by atoms with Crippen LogP contribution in [0.1, 0.15) is 20.8 Å². The van der Waals surface area contributed by atoms with Gasteiger partial charge < -0.3 is 10.0 Å². The molecule has 1 aliphatic rings. The summed E-state index contributed by atoms with van der Waals surface area (Å²) in [7, 11) is -3.51. The van der Waals surface area contributed by atoms with Gasteiger partial charge in [0.1, 0.15) is 0 Å². The van der Waals surface area contributed by atoms with Gasteiger partial charge in [0.05, 0.1) is 4.90 Å². The van der Waals surface area contributed by atoms with E-state index in [1.165, 1.54) is 9.21 Å². The van der Waals surface area contributed by atoms with Crippen LogP contribution < -0.4 is 0 Å². The van der Waals surface area contributed by atoms with Crippen molar-refractivity contribution in [3.05, 3.63) is 28.7 Å². The number of benzene rings is 1. The van der Waals surface area contributed by atoms with Crippen LogP contribution >= 0.6 is 15.9 Å². The molecule has 8 heteroatoms. The van der Waals surface area contributed by atoms with E-state index in [0.717, 1.165) is 0 Å². The van der Waals surface area contributed by atoms with Gasteiger partial charge in [0.2, 0.25) is 10.0 Å². The van der Waals surface area contributed by atoms with Crippen molar-refractivity contribution in [2.45, 2.75) is 31.2 Å². The maximum atomic E-state index is 12.5. The Morgan fingerprint density at radius 1 is 1.39 bits per heavy atom. The third-order valence-electron chi connectivity index (χ3n) is 3.84. The maximum absolute atomic E-state index is 12.5. The van der Waals surface area contributed by atoms with Gasteiger partial charge in [-0.3, -0.25) is 0 Å². The zero-order chi connectivity index (χ0) is 17.4. The highest BCUT2D eigenvalue weighted by Gasteiger charge is 2.39. The predicted octanol–water partition coefficient (Wildman–Crippen LogP) is 2.85. The van der Waals surface area contributed by atoms with Crippen molar-refractivity contribution in [1.29, 1.82) is 0 Å². The van der Waals surface area contributed by atoms with Gasteiger partial charge in [0.15, 0.2) is 0 Å². The molecule has 23 heavy (non-hydrogen) atoms. The molecule has 0 atom stereocenters. The lowest BCUT2D eigenvalue weighted by atomic mass is 9.99. The van der Waals surface area contributed by atoms with E-state index >= 15 is 0 Å². The second-order valence-corrected chi connectivity index (χ2v) is 9.56. The number of halogens is 1. The van der Waals surface area contributed by atoms with E-state index in [1.54, 1.807) is 24.3 Å². The normalized spacial score (nSPS) is 16.9. The number of nitrogens with zero attached hydrogens (tertiary/aromatic N) is 2. The maximum Gasteiger partial charge on any atom is 0.407 e. The number of hydrogen-bond acceptors (Lipinski definition) is 3. The number of carboxylic acid groups (broad SMARTS) is 1. The molecule has 2 rings (SSSR count). The zero-order valence-electron chi connectivity index (χ0n) is 13.4. The second-order valence-electron chi connectivity index (χ2n) is 6.71. The SMILES string of the molecule is CC(C)(C)N(CC1CN(S(=O)(=O)c2cccc(Br)c2)C1)C(=O)O. The van der Waals surface area contributed by atoms with Crippen molar-refractivity contribution >= 4 is 32.0 Å². The lowest BCUT2D eigenvalue weighted by molar-refractivity contribution is 0.0655. The lowest BCUT2D eigenvalue weighted by Crippen LogP contribution is -2.57. The van der Waals surface area contributed by atoms with Gasteiger partial charge >= 0.3 is 6.09 Å². The molecule has 1 N–H and O–H groups in total. The van der Waals surface area contributed by atoms with Gasteiger partial charge in [-0.25, -0.2) is 13.2 Å². The van der Waals surface area contributed by atoms with Crippen molar-refractivity contribution in [3.8, 4) is 0 Å². The Balaban J connectivity index is 2.03. The molecule has 1 amide bonds. The average Bonchev–Trinajstić information content (AvgIpc) is 2.34. The number of carbonyl (C=O) groups is 1. The first-order valence-corrected chi connectivity index (χ1v) is 9.51.